The van der Waals surface area contributed by atoms with E-state index < -0.39 is 0 Å². The monoisotopic (exact) mass is 273 g/mol. The summed E-state index contributed by atoms with van der Waals surface area (Å²) in [5, 5.41) is 6.86. The van der Waals surface area contributed by atoms with Crippen LogP contribution in [0.5, 0.6) is 0 Å². The zero-order valence-corrected chi connectivity index (χ0v) is 11.6. The van der Waals surface area contributed by atoms with Gasteiger partial charge in [0.15, 0.2) is 0 Å². The number of nitrogens with one attached hydrogen (secondary N) is 1. The number of carbonyl (C=O) groups excluding carboxylic acids is 1. The number of amides is 1. The predicted molar refractivity (Wildman–Crippen MR) is 70.9 cm³/mol. The molecule has 6 heteroatoms. The van der Waals surface area contributed by atoms with Crippen LogP contribution in [-0.2, 0) is 0 Å². The molecule has 18 heavy (non-hydrogen) atoms. The van der Waals surface area contributed by atoms with E-state index in [0.717, 1.165) is 25.7 Å². The fraction of sp³-hybridized carbons (Fsp3) is 0.667. The topological polar surface area (TPSA) is 81.2 Å². The molecule has 3 N–H and O–H groups in total. The van der Waals surface area contributed by atoms with Crippen molar-refractivity contribution in [2.45, 2.75) is 45.1 Å². The standard InChI is InChI=1S/C12H19N3O2.ClH/c1-8-10(9(2)17-15-8)11(16)14-12(7-13)5-3-4-6-12;/h3-7,13H2,1-2H3,(H,14,16);1H. The van der Waals surface area contributed by atoms with Crippen LogP contribution in [0.25, 0.3) is 0 Å². The lowest BCUT2D eigenvalue weighted by Crippen LogP contribution is -2.51. The van der Waals surface area contributed by atoms with E-state index in [2.05, 4.69) is 10.5 Å². The highest BCUT2D eigenvalue weighted by Gasteiger charge is 2.35. The minimum absolute atomic E-state index is 0. The number of halogens is 1. The molecule has 0 radical (unpaired) electrons. The Bertz CT molecular complexity index is 405. The molecule has 1 aliphatic rings. The van der Waals surface area contributed by atoms with Crippen molar-refractivity contribution in [3.63, 3.8) is 0 Å². The number of carbonyl (C=O) groups is 1. The number of aromatic nitrogens is 1. The fourth-order valence-corrected chi connectivity index (χ4v) is 2.54. The second kappa shape index (κ2) is 5.71. The summed E-state index contributed by atoms with van der Waals surface area (Å²) in [6.45, 7) is 4.01. The van der Waals surface area contributed by atoms with Crippen molar-refractivity contribution in [1.82, 2.24) is 10.5 Å². The first kappa shape index (κ1) is 15.0. The van der Waals surface area contributed by atoms with Gasteiger partial charge in [0, 0.05) is 6.54 Å². The number of hydrogen-bond donors (Lipinski definition) is 2. The summed E-state index contributed by atoms with van der Waals surface area (Å²) in [5.74, 6) is 0.443. The number of nitrogens with zero attached hydrogens (tertiary/aromatic N) is 1. The van der Waals surface area contributed by atoms with Crippen molar-refractivity contribution in [3.05, 3.63) is 17.0 Å². The van der Waals surface area contributed by atoms with Crippen LogP contribution in [0.3, 0.4) is 0 Å². The zero-order chi connectivity index (χ0) is 12.5. The molecule has 1 heterocycles. The molecule has 5 nitrogen and oxygen atoms in total. The largest absolute Gasteiger partial charge is 0.361 e. The molecular formula is C12H20ClN3O2. The van der Waals surface area contributed by atoms with Crippen molar-refractivity contribution < 1.29 is 9.32 Å². The SMILES string of the molecule is Cc1noc(C)c1C(=O)NC1(CN)CCCC1.Cl. The molecule has 0 bridgehead atoms. The average molecular weight is 274 g/mol. The van der Waals surface area contributed by atoms with Crippen LogP contribution < -0.4 is 11.1 Å². The van der Waals surface area contributed by atoms with E-state index in [1.165, 1.54) is 0 Å². The number of hydrogen-bond acceptors (Lipinski definition) is 4. The highest BCUT2D eigenvalue weighted by atomic mass is 35.5. The lowest BCUT2D eigenvalue weighted by atomic mass is 9.97. The smallest absolute Gasteiger partial charge is 0.257 e. The average Bonchev–Trinajstić information content (AvgIpc) is 2.87. The van der Waals surface area contributed by atoms with E-state index in [9.17, 15) is 4.79 Å². The van der Waals surface area contributed by atoms with Gasteiger partial charge >= 0.3 is 0 Å². The Balaban J connectivity index is 0.00000162. The van der Waals surface area contributed by atoms with Crippen molar-refractivity contribution in [2.24, 2.45) is 5.73 Å². The molecule has 0 spiro atoms. The van der Waals surface area contributed by atoms with E-state index in [0.29, 0.717) is 23.6 Å². The second-order valence-electron chi connectivity index (χ2n) is 4.84. The highest BCUT2D eigenvalue weighted by molar-refractivity contribution is 5.96. The zero-order valence-electron chi connectivity index (χ0n) is 10.8. The summed E-state index contributed by atoms with van der Waals surface area (Å²) in [7, 11) is 0. The molecule has 2 rings (SSSR count). The van der Waals surface area contributed by atoms with Crippen LogP contribution in [0, 0.1) is 13.8 Å². The van der Waals surface area contributed by atoms with Crippen LogP contribution in [0.4, 0.5) is 0 Å². The first-order chi connectivity index (χ1) is 8.08. The van der Waals surface area contributed by atoms with Crippen LogP contribution in [-0.4, -0.2) is 23.1 Å². The van der Waals surface area contributed by atoms with Gasteiger partial charge in [-0.3, -0.25) is 4.79 Å². The summed E-state index contributed by atoms with van der Waals surface area (Å²) >= 11 is 0. The third-order valence-corrected chi connectivity index (χ3v) is 3.59. The molecule has 0 atom stereocenters. The molecule has 0 aromatic carbocycles. The van der Waals surface area contributed by atoms with Gasteiger partial charge in [-0.25, -0.2) is 0 Å². The van der Waals surface area contributed by atoms with Gasteiger partial charge in [0.1, 0.15) is 11.3 Å². The maximum absolute atomic E-state index is 12.2. The minimum Gasteiger partial charge on any atom is -0.361 e. The van der Waals surface area contributed by atoms with Gasteiger partial charge in [0.05, 0.1) is 11.2 Å². The molecule has 1 saturated carbocycles. The minimum atomic E-state index is -0.229. The Kier molecular flexibility index (Phi) is 4.76. The summed E-state index contributed by atoms with van der Waals surface area (Å²) in [5.41, 5.74) is 6.74. The van der Waals surface area contributed by atoms with E-state index in [1.807, 2.05) is 0 Å². The number of aryl methyl sites for hydroxylation is 2. The first-order valence-electron chi connectivity index (χ1n) is 6.03. The predicted octanol–water partition coefficient (Wildman–Crippen LogP) is 1.71. The molecule has 0 saturated heterocycles. The lowest BCUT2D eigenvalue weighted by Gasteiger charge is -2.28. The molecule has 1 aliphatic carbocycles. The summed E-state index contributed by atoms with van der Waals surface area (Å²) in [6.07, 6.45) is 4.16. The third kappa shape index (κ3) is 2.67. The fourth-order valence-electron chi connectivity index (χ4n) is 2.54. The number of nitrogens with two attached hydrogens (primary N) is 1. The quantitative estimate of drug-likeness (QED) is 0.879. The Morgan fingerprint density at radius 3 is 2.50 bits per heavy atom. The Morgan fingerprint density at radius 2 is 2.06 bits per heavy atom. The van der Waals surface area contributed by atoms with Crippen molar-refractivity contribution in [1.29, 1.82) is 0 Å². The molecule has 1 aromatic heterocycles. The summed E-state index contributed by atoms with van der Waals surface area (Å²) in [4.78, 5) is 12.2. The maximum Gasteiger partial charge on any atom is 0.257 e. The van der Waals surface area contributed by atoms with Crippen LogP contribution in [0.15, 0.2) is 4.52 Å². The Hall–Kier alpha value is -1.07. The molecule has 102 valence electrons. The molecule has 0 aliphatic heterocycles. The first-order valence-corrected chi connectivity index (χ1v) is 6.03. The normalized spacial score (nSPS) is 17.3. The molecule has 1 fully saturated rings. The van der Waals surface area contributed by atoms with Crippen LogP contribution >= 0.6 is 12.4 Å². The van der Waals surface area contributed by atoms with Gasteiger partial charge in [-0.15, -0.1) is 12.4 Å². The van der Waals surface area contributed by atoms with Crippen molar-refractivity contribution >= 4 is 18.3 Å². The summed E-state index contributed by atoms with van der Waals surface area (Å²) < 4.78 is 5.01. The highest BCUT2D eigenvalue weighted by Crippen LogP contribution is 2.29. The third-order valence-electron chi connectivity index (χ3n) is 3.59. The van der Waals surface area contributed by atoms with Gasteiger partial charge in [-0.05, 0) is 26.7 Å². The van der Waals surface area contributed by atoms with Gasteiger partial charge in [-0.1, -0.05) is 18.0 Å². The molecule has 0 unspecified atom stereocenters. The van der Waals surface area contributed by atoms with E-state index >= 15 is 0 Å². The van der Waals surface area contributed by atoms with Crippen molar-refractivity contribution in [3.8, 4) is 0 Å². The molecule has 1 amide bonds. The van der Waals surface area contributed by atoms with Gasteiger partial charge in [0.2, 0.25) is 0 Å². The van der Waals surface area contributed by atoms with Gasteiger partial charge in [-0.2, -0.15) is 0 Å². The maximum atomic E-state index is 12.2. The van der Waals surface area contributed by atoms with Crippen LogP contribution in [0.2, 0.25) is 0 Å². The molecular weight excluding hydrogens is 254 g/mol. The lowest BCUT2D eigenvalue weighted by molar-refractivity contribution is 0.0901. The Labute approximate surface area is 113 Å². The van der Waals surface area contributed by atoms with E-state index in [-0.39, 0.29) is 23.9 Å². The Morgan fingerprint density at radius 1 is 1.44 bits per heavy atom. The second-order valence-corrected chi connectivity index (χ2v) is 4.84. The molecule has 1 aromatic rings. The van der Waals surface area contributed by atoms with E-state index in [4.69, 9.17) is 10.3 Å². The van der Waals surface area contributed by atoms with Gasteiger partial charge in [0.25, 0.3) is 5.91 Å². The van der Waals surface area contributed by atoms with Gasteiger partial charge < -0.3 is 15.6 Å². The van der Waals surface area contributed by atoms with Crippen LogP contribution in [0.1, 0.15) is 47.5 Å². The summed E-state index contributed by atoms with van der Waals surface area (Å²) in [6, 6.07) is 0. The van der Waals surface area contributed by atoms with E-state index in [1.54, 1.807) is 13.8 Å². The number of rotatable bonds is 3. The van der Waals surface area contributed by atoms with Crippen molar-refractivity contribution in [2.75, 3.05) is 6.54 Å².